The zero-order valence-corrected chi connectivity index (χ0v) is 21.4. The summed E-state index contributed by atoms with van der Waals surface area (Å²) in [7, 11) is 0. The summed E-state index contributed by atoms with van der Waals surface area (Å²) >= 11 is 3.49. The molecule has 8 heteroatoms. The molecule has 0 heterocycles. The number of alkyl halides is 1. The molecule has 0 radical (unpaired) electrons. The maximum absolute atomic E-state index is 12.9. The van der Waals surface area contributed by atoms with E-state index in [1.165, 1.54) is 6.92 Å². The highest BCUT2D eigenvalue weighted by Crippen LogP contribution is 2.27. The summed E-state index contributed by atoms with van der Waals surface area (Å²) in [5, 5.41) is 3.24. The van der Waals surface area contributed by atoms with E-state index in [0.717, 1.165) is 22.9 Å². The lowest BCUT2D eigenvalue weighted by Gasteiger charge is -2.30. The van der Waals surface area contributed by atoms with Crippen molar-refractivity contribution in [2.75, 3.05) is 18.5 Å². The number of halogens is 1. The summed E-state index contributed by atoms with van der Waals surface area (Å²) in [6, 6.07) is 17.3. The Morgan fingerprint density at radius 1 is 0.941 bits per heavy atom. The third-order valence-corrected chi connectivity index (χ3v) is 5.55. The van der Waals surface area contributed by atoms with Crippen LogP contribution in [-0.4, -0.2) is 41.9 Å². The SMILES string of the molecule is CCOC(=O)C(Cc1cccc(C(CCBr)OCc2ccccc2)c1)(NC(C)=O)C(=O)OCC. The van der Waals surface area contributed by atoms with Gasteiger partial charge in [-0.1, -0.05) is 70.5 Å². The van der Waals surface area contributed by atoms with Gasteiger partial charge in [0.1, 0.15) is 0 Å². The van der Waals surface area contributed by atoms with E-state index in [0.29, 0.717) is 12.2 Å². The van der Waals surface area contributed by atoms with Crippen molar-refractivity contribution in [1.29, 1.82) is 0 Å². The molecular weight excluding hydrogens is 502 g/mol. The summed E-state index contributed by atoms with van der Waals surface area (Å²) in [4.78, 5) is 37.9. The maximum Gasteiger partial charge on any atom is 0.344 e. The van der Waals surface area contributed by atoms with Gasteiger partial charge in [-0.2, -0.15) is 0 Å². The Balaban J connectivity index is 2.36. The van der Waals surface area contributed by atoms with Crippen LogP contribution < -0.4 is 5.32 Å². The van der Waals surface area contributed by atoms with Crippen LogP contribution in [0.2, 0.25) is 0 Å². The van der Waals surface area contributed by atoms with Gasteiger partial charge in [0.15, 0.2) is 0 Å². The molecule has 0 saturated carbocycles. The number of carbonyl (C=O) groups excluding carboxylic acids is 3. The zero-order chi connectivity index (χ0) is 25.0. The Bertz CT molecular complexity index is 931. The molecule has 1 amide bonds. The number of ether oxygens (including phenoxy) is 3. The topological polar surface area (TPSA) is 90.9 Å². The quantitative estimate of drug-likeness (QED) is 0.235. The van der Waals surface area contributed by atoms with Gasteiger partial charge in [0.2, 0.25) is 11.4 Å². The van der Waals surface area contributed by atoms with Crippen LogP contribution in [0.25, 0.3) is 0 Å². The number of benzene rings is 2. The Labute approximate surface area is 209 Å². The minimum Gasteiger partial charge on any atom is -0.464 e. The smallest absolute Gasteiger partial charge is 0.344 e. The maximum atomic E-state index is 12.9. The van der Waals surface area contributed by atoms with Gasteiger partial charge >= 0.3 is 11.9 Å². The molecule has 1 N–H and O–H groups in total. The van der Waals surface area contributed by atoms with Crippen molar-refractivity contribution >= 4 is 33.8 Å². The first-order valence-corrected chi connectivity index (χ1v) is 12.4. The molecule has 0 saturated heterocycles. The van der Waals surface area contributed by atoms with E-state index in [2.05, 4.69) is 21.2 Å². The fraction of sp³-hybridized carbons (Fsp3) is 0.423. The monoisotopic (exact) mass is 533 g/mol. The second kappa shape index (κ2) is 13.9. The summed E-state index contributed by atoms with van der Waals surface area (Å²) in [5.41, 5.74) is 0.645. The van der Waals surface area contributed by atoms with Gasteiger partial charge in [-0.05, 0) is 37.0 Å². The number of esters is 2. The van der Waals surface area contributed by atoms with E-state index in [4.69, 9.17) is 14.2 Å². The van der Waals surface area contributed by atoms with Crippen molar-refractivity contribution in [2.24, 2.45) is 0 Å². The molecule has 2 aromatic rings. The lowest BCUT2D eigenvalue weighted by molar-refractivity contribution is -0.168. The van der Waals surface area contributed by atoms with Crippen LogP contribution in [0.3, 0.4) is 0 Å². The van der Waals surface area contributed by atoms with E-state index in [1.54, 1.807) is 19.9 Å². The molecule has 0 bridgehead atoms. The molecule has 0 spiro atoms. The standard InChI is InChI=1S/C26H32BrNO6/c1-4-32-24(30)26(28-19(3)29,25(31)33-5-2)17-21-12-9-13-22(16-21)23(14-15-27)34-18-20-10-7-6-8-11-20/h6-13,16,23H,4-5,14-15,17-18H2,1-3H3,(H,28,29). The molecule has 34 heavy (non-hydrogen) atoms. The Morgan fingerprint density at radius 2 is 1.56 bits per heavy atom. The first-order valence-electron chi connectivity index (χ1n) is 11.3. The van der Waals surface area contributed by atoms with E-state index < -0.39 is 23.4 Å². The van der Waals surface area contributed by atoms with Gasteiger partial charge in [-0.3, -0.25) is 4.79 Å². The van der Waals surface area contributed by atoms with Crippen molar-refractivity contribution in [2.45, 2.75) is 51.9 Å². The van der Waals surface area contributed by atoms with E-state index in [1.807, 2.05) is 48.5 Å². The molecule has 2 aromatic carbocycles. The fourth-order valence-electron chi connectivity index (χ4n) is 3.61. The summed E-state index contributed by atoms with van der Waals surface area (Å²) in [5.74, 6) is -2.25. The Hall–Kier alpha value is -2.71. The summed E-state index contributed by atoms with van der Waals surface area (Å²) in [6.45, 7) is 5.08. The fourth-order valence-corrected chi connectivity index (χ4v) is 4.02. The number of carbonyl (C=O) groups is 3. The van der Waals surface area contributed by atoms with Crippen LogP contribution in [0, 0.1) is 0 Å². The van der Waals surface area contributed by atoms with Crippen molar-refractivity contribution in [3.63, 3.8) is 0 Å². The van der Waals surface area contributed by atoms with Crippen LogP contribution in [-0.2, 0) is 41.6 Å². The molecule has 1 atom stereocenters. The van der Waals surface area contributed by atoms with Gasteiger partial charge in [-0.25, -0.2) is 9.59 Å². The van der Waals surface area contributed by atoms with Crippen LogP contribution in [0.1, 0.15) is 50.0 Å². The highest BCUT2D eigenvalue weighted by molar-refractivity contribution is 9.09. The van der Waals surface area contributed by atoms with Crippen LogP contribution in [0.5, 0.6) is 0 Å². The number of amides is 1. The molecular formula is C26H32BrNO6. The number of hydrogen-bond donors (Lipinski definition) is 1. The highest BCUT2D eigenvalue weighted by Gasteiger charge is 2.50. The van der Waals surface area contributed by atoms with Crippen LogP contribution >= 0.6 is 15.9 Å². The molecule has 7 nitrogen and oxygen atoms in total. The van der Waals surface area contributed by atoms with Gasteiger partial charge in [0, 0.05) is 18.7 Å². The van der Waals surface area contributed by atoms with Gasteiger partial charge in [0.05, 0.1) is 25.9 Å². The minimum atomic E-state index is -1.98. The predicted octanol–water partition coefficient (Wildman–Crippen LogP) is 4.27. The van der Waals surface area contributed by atoms with Crippen molar-refractivity contribution < 1.29 is 28.6 Å². The molecule has 0 fully saturated rings. The van der Waals surface area contributed by atoms with Gasteiger partial charge in [0.25, 0.3) is 0 Å². The summed E-state index contributed by atoms with van der Waals surface area (Å²) in [6.07, 6.45) is 0.403. The zero-order valence-electron chi connectivity index (χ0n) is 19.8. The van der Waals surface area contributed by atoms with Crippen molar-refractivity contribution in [1.82, 2.24) is 5.32 Å². The molecule has 0 aliphatic heterocycles. The Morgan fingerprint density at radius 3 is 2.12 bits per heavy atom. The number of nitrogens with one attached hydrogen (secondary N) is 1. The van der Waals surface area contributed by atoms with E-state index >= 15 is 0 Å². The van der Waals surface area contributed by atoms with Gasteiger partial charge < -0.3 is 19.5 Å². The molecule has 1 unspecified atom stereocenters. The van der Waals surface area contributed by atoms with Crippen LogP contribution in [0.15, 0.2) is 54.6 Å². The van der Waals surface area contributed by atoms with Crippen LogP contribution in [0.4, 0.5) is 0 Å². The normalized spacial score (nSPS) is 12.0. The van der Waals surface area contributed by atoms with Crippen molar-refractivity contribution in [3.05, 3.63) is 71.3 Å². The second-order valence-corrected chi connectivity index (χ2v) is 8.51. The lowest BCUT2D eigenvalue weighted by Crippen LogP contribution is -2.62. The highest BCUT2D eigenvalue weighted by atomic mass is 79.9. The molecule has 0 aromatic heterocycles. The average molecular weight is 534 g/mol. The lowest BCUT2D eigenvalue weighted by atomic mass is 9.89. The molecule has 184 valence electrons. The minimum absolute atomic E-state index is 0.0558. The molecule has 0 aliphatic carbocycles. The third-order valence-electron chi connectivity index (χ3n) is 5.09. The first kappa shape index (κ1) is 27.5. The number of hydrogen-bond acceptors (Lipinski definition) is 6. The van der Waals surface area contributed by atoms with Crippen molar-refractivity contribution in [3.8, 4) is 0 Å². The molecule has 2 rings (SSSR count). The molecule has 0 aliphatic rings. The summed E-state index contributed by atoms with van der Waals surface area (Å²) < 4.78 is 16.5. The van der Waals surface area contributed by atoms with E-state index in [9.17, 15) is 14.4 Å². The number of rotatable bonds is 13. The largest absolute Gasteiger partial charge is 0.464 e. The second-order valence-electron chi connectivity index (χ2n) is 7.71. The first-order chi connectivity index (χ1) is 16.4. The van der Waals surface area contributed by atoms with Gasteiger partial charge in [-0.15, -0.1) is 0 Å². The third kappa shape index (κ3) is 7.67. The predicted molar refractivity (Wildman–Crippen MR) is 132 cm³/mol. The Kier molecular flexibility index (Phi) is 11.2. The average Bonchev–Trinajstić information content (AvgIpc) is 2.82. The van der Waals surface area contributed by atoms with E-state index in [-0.39, 0.29) is 25.7 Å².